The third-order valence-electron chi connectivity index (χ3n) is 2.54. The molecule has 0 aliphatic rings. The second-order valence-corrected chi connectivity index (χ2v) is 4.74. The van der Waals surface area contributed by atoms with Crippen molar-refractivity contribution >= 4 is 15.9 Å². The largest absolute Gasteiger partial charge is 0.433 e. The monoisotopic (exact) mass is 373 g/mol. The highest BCUT2D eigenvalue weighted by Crippen LogP contribution is 2.38. The van der Waals surface area contributed by atoms with E-state index in [2.05, 4.69) is 25.9 Å². The highest BCUT2D eigenvalue weighted by atomic mass is 79.9. The second-order valence-electron chi connectivity index (χ2n) is 3.99. The van der Waals surface area contributed by atoms with Crippen molar-refractivity contribution in [3.63, 3.8) is 0 Å². The van der Waals surface area contributed by atoms with Crippen molar-refractivity contribution in [2.75, 3.05) is 6.67 Å². The van der Waals surface area contributed by atoms with Gasteiger partial charge in [-0.15, -0.1) is 0 Å². The zero-order valence-electron chi connectivity index (χ0n) is 9.98. The molecule has 10 heteroatoms. The average Bonchev–Trinajstić information content (AvgIpc) is 2.81. The van der Waals surface area contributed by atoms with Crippen LogP contribution < -0.4 is 0 Å². The Bertz CT molecular complexity index is 652. The van der Waals surface area contributed by atoms with Gasteiger partial charge in [-0.05, 0) is 28.1 Å². The first kappa shape index (κ1) is 15.8. The van der Waals surface area contributed by atoms with Crippen LogP contribution in [0.5, 0.6) is 0 Å². The van der Waals surface area contributed by atoms with Gasteiger partial charge in [-0.25, -0.2) is 9.37 Å². The van der Waals surface area contributed by atoms with Gasteiger partial charge < -0.3 is 4.98 Å². The van der Waals surface area contributed by atoms with E-state index in [1.807, 2.05) is 4.98 Å². The number of aromatic amines is 1. The van der Waals surface area contributed by atoms with Crippen molar-refractivity contribution < 1.29 is 26.3 Å². The molecule has 21 heavy (non-hydrogen) atoms. The number of hydrogen-bond acceptors (Lipinski definition) is 2. The number of halogens is 7. The minimum atomic E-state index is -4.75. The highest BCUT2D eigenvalue weighted by molar-refractivity contribution is 9.10. The van der Waals surface area contributed by atoms with Crippen LogP contribution in [0.4, 0.5) is 26.3 Å². The Morgan fingerprint density at radius 3 is 2.38 bits per heavy atom. The lowest BCUT2D eigenvalue weighted by molar-refractivity contribution is -0.141. The summed E-state index contributed by atoms with van der Waals surface area (Å²) in [6, 6.07) is 2.01. The van der Waals surface area contributed by atoms with Crippen LogP contribution in [0.1, 0.15) is 11.3 Å². The van der Waals surface area contributed by atoms with Crippen molar-refractivity contribution in [3.05, 3.63) is 34.2 Å². The SMILES string of the molecule is FCC(F)(F)c1cccnc1-c1nc(Br)c(C(F)(F)F)[nH]1. The van der Waals surface area contributed by atoms with Gasteiger partial charge in [0, 0.05) is 6.20 Å². The van der Waals surface area contributed by atoms with Gasteiger partial charge in [0.15, 0.2) is 18.2 Å². The molecule has 2 heterocycles. The van der Waals surface area contributed by atoms with Gasteiger partial charge in [0.2, 0.25) is 0 Å². The summed E-state index contributed by atoms with van der Waals surface area (Å²) in [6.45, 7) is -2.00. The summed E-state index contributed by atoms with van der Waals surface area (Å²) in [5.41, 5.74) is -2.63. The molecule has 0 fully saturated rings. The predicted octanol–water partition coefficient (Wildman–Crippen LogP) is 4.31. The molecule has 0 spiro atoms. The van der Waals surface area contributed by atoms with Gasteiger partial charge in [-0.3, -0.25) is 4.98 Å². The second kappa shape index (κ2) is 5.32. The molecule has 0 atom stereocenters. The van der Waals surface area contributed by atoms with Gasteiger partial charge >= 0.3 is 12.1 Å². The smallest absolute Gasteiger partial charge is 0.332 e. The zero-order valence-corrected chi connectivity index (χ0v) is 11.6. The number of pyridine rings is 1. The van der Waals surface area contributed by atoms with E-state index in [9.17, 15) is 26.3 Å². The molecule has 0 amide bonds. The molecular formula is C11H6BrF6N3. The maximum absolute atomic E-state index is 13.5. The summed E-state index contributed by atoms with van der Waals surface area (Å²) in [6.07, 6.45) is -3.65. The van der Waals surface area contributed by atoms with Crippen molar-refractivity contribution in [1.29, 1.82) is 0 Å². The number of rotatable bonds is 3. The zero-order chi connectivity index (χ0) is 15.8. The average molecular weight is 374 g/mol. The van der Waals surface area contributed by atoms with Gasteiger partial charge in [0.05, 0.1) is 5.56 Å². The number of nitrogens with zero attached hydrogens (tertiary/aromatic N) is 2. The van der Waals surface area contributed by atoms with Crippen LogP contribution in [-0.2, 0) is 12.1 Å². The fourth-order valence-corrected chi connectivity index (χ4v) is 2.11. The molecule has 1 N–H and O–H groups in total. The fourth-order valence-electron chi connectivity index (χ4n) is 1.61. The van der Waals surface area contributed by atoms with Crippen molar-refractivity contribution in [1.82, 2.24) is 15.0 Å². The third-order valence-corrected chi connectivity index (χ3v) is 3.11. The minimum absolute atomic E-state index is 0.530. The van der Waals surface area contributed by atoms with E-state index in [0.29, 0.717) is 0 Å². The minimum Gasteiger partial charge on any atom is -0.332 e. The molecule has 0 bridgehead atoms. The van der Waals surface area contributed by atoms with Gasteiger partial charge in [-0.1, -0.05) is 0 Å². The van der Waals surface area contributed by atoms with Crippen LogP contribution >= 0.6 is 15.9 Å². The molecule has 0 unspecified atom stereocenters. The fraction of sp³-hybridized carbons (Fsp3) is 0.273. The number of aromatic nitrogens is 3. The standard InChI is InChI=1S/C11H6BrF6N3/c12-8-7(11(16,17)18)20-9(21-8)6-5(2-1-3-19-6)10(14,15)4-13/h1-3H,4H2,(H,20,21). The summed E-state index contributed by atoms with van der Waals surface area (Å²) in [7, 11) is 0. The summed E-state index contributed by atoms with van der Waals surface area (Å²) in [5.74, 6) is -4.40. The van der Waals surface area contributed by atoms with E-state index >= 15 is 0 Å². The van der Waals surface area contributed by atoms with E-state index in [0.717, 1.165) is 18.3 Å². The van der Waals surface area contributed by atoms with Crippen molar-refractivity contribution in [3.8, 4) is 11.5 Å². The number of H-pyrrole nitrogens is 1. The Morgan fingerprint density at radius 2 is 1.86 bits per heavy atom. The van der Waals surface area contributed by atoms with Gasteiger partial charge in [0.25, 0.3) is 0 Å². The van der Waals surface area contributed by atoms with Crippen molar-refractivity contribution in [2.45, 2.75) is 12.1 Å². The van der Waals surface area contributed by atoms with Gasteiger partial charge in [-0.2, -0.15) is 22.0 Å². The Labute approximate surface area is 122 Å². The highest BCUT2D eigenvalue weighted by Gasteiger charge is 2.39. The maximum Gasteiger partial charge on any atom is 0.433 e. The summed E-state index contributed by atoms with van der Waals surface area (Å²) < 4.78 is 76.7. The molecule has 0 aliphatic carbocycles. The summed E-state index contributed by atoms with van der Waals surface area (Å²) in [4.78, 5) is 8.92. The lowest BCUT2D eigenvalue weighted by Gasteiger charge is -2.14. The first-order valence-corrected chi connectivity index (χ1v) is 6.18. The summed E-state index contributed by atoms with van der Waals surface area (Å²) in [5, 5.41) is 0. The molecule has 0 saturated carbocycles. The van der Waals surface area contributed by atoms with Gasteiger partial charge in [0.1, 0.15) is 10.3 Å². The van der Waals surface area contributed by atoms with E-state index in [-0.39, 0.29) is 0 Å². The van der Waals surface area contributed by atoms with E-state index in [1.165, 1.54) is 0 Å². The Kier molecular flexibility index (Phi) is 4.00. The lowest BCUT2D eigenvalue weighted by Crippen LogP contribution is -2.18. The number of imidazole rings is 1. The molecule has 0 radical (unpaired) electrons. The Morgan fingerprint density at radius 1 is 1.19 bits per heavy atom. The summed E-state index contributed by atoms with van der Waals surface area (Å²) >= 11 is 2.59. The van der Waals surface area contributed by atoms with E-state index in [4.69, 9.17) is 0 Å². The molecule has 3 nitrogen and oxygen atoms in total. The molecule has 114 valence electrons. The van der Waals surface area contributed by atoms with E-state index < -0.39 is 46.2 Å². The Balaban J connectivity index is 2.59. The first-order valence-electron chi connectivity index (χ1n) is 5.39. The Hall–Kier alpha value is -1.58. The van der Waals surface area contributed by atoms with Crippen LogP contribution in [0.2, 0.25) is 0 Å². The number of nitrogens with one attached hydrogen (secondary N) is 1. The van der Waals surface area contributed by atoms with Crippen LogP contribution in [0.25, 0.3) is 11.5 Å². The van der Waals surface area contributed by atoms with Crippen LogP contribution in [-0.4, -0.2) is 21.6 Å². The molecule has 0 aromatic carbocycles. The molecule has 2 aromatic rings. The molecule has 2 aromatic heterocycles. The molecular weight excluding hydrogens is 368 g/mol. The quantitative estimate of drug-likeness (QED) is 0.814. The number of alkyl halides is 6. The van der Waals surface area contributed by atoms with E-state index in [1.54, 1.807) is 0 Å². The van der Waals surface area contributed by atoms with Crippen LogP contribution in [0.15, 0.2) is 22.9 Å². The van der Waals surface area contributed by atoms with Crippen LogP contribution in [0.3, 0.4) is 0 Å². The maximum atomic E-state index is 13.5. The molecule has 0 saturated heterocycles. The molecule has 0 aliphatic heterocycles. The normalized spacial score (nSPS) is 12.7. The lowest BCUT2D eigenvalue weighted by atomic mass is 10.1. The van der Waals surface area contributed by atoms with Crippen LogP contribution in [0, 0.1) is 0 Å². The first-order chi connectivity index (χ1) is 9.66. The topological polar surface area (TPSA) is 41.6 Å². The van der Waals surface area contributed by atoms with Crippen molar-refractivity contribution in [2.24, 2.45) is 0 Å². The molecule has 2 rings (SSSR count). The third kappa shape index (κ3) is 3.04. The number of hydrogen-bond donors (Lipinski definition) is 1. The predicted molar refractivity (Wildman–Crippen MR) is 64.4 cm³/mol.